The van der Waals surface area contributed by atoms with E-state index in [2.05, 4.69) is 10.5 Å². The number of amides is 1. The standard InChI is InChI=1S/C19H17N3O6/c1-13-19(22(24)25)17(28-21-13)9-6-14-4-7-15(8-5-14)27-12-18(23)20-11-16-3-2-10-26-16/h2-10H,11-12H2,1H3,(H,20,23)/b9-6+. The van der Waals surface area contributed by atoms with Crippen LogP contribution < -0.4 is 10.1 Å². The van der Waals surface area contributed by atoms with E-state index in [1.165, 1.54) is 19.3 Å². The maximum atomic E-state index is 11.8. The van der Waals surface area contributed by atoms with E-state index in [0.717, 1.165) is 5.56 Å². The summed E-state index contributed by atoms with van der Waals surface area (Å²) in [5.74, 6) is 0.989. The van der Waals surface area contributed by atoms with Gasteiger partial charge in [0.1, 0.15) is 11.5 Å². The number of nitro groups is 1. The van der Waals surface area contributed by atoms with Gasteiger partial charge in [-0.2, -0.15) is 0 Å². The second-order valence-corrected chi connectivity index (χ2v) is 5.79. The lowest BCUT2D eigenvalue weighted by atomic mass is 10.2. The van der Waals surface area contributed by atoms with E-state index in [0.29, 0.717) is 18.1 Å². The van der Waals surface area contributed by atoms with Crippen molar-refractivity contribution in [2.45, 2.75) is 13.5 Å². The molecule has 1 amide bonds. The molecule has 0 fully saturated rings. The third kappa shape index (κ3) is 4.85. The van der Waals surface area contributed by atoms with Crippen molar-refractivity contribution in [3.63, 3.8) is 0 Å². The first-order valence-electron chi connectivity index (χ1n) is 8.33. The molecule has 144 valence electrons. The van der Waals surface area contributed by atoms with Crippen LogP contribution in [0.15, 0.2) is 51.6 Å². The van der Waals surface area contributed by atoms with Gasteiger partial charge in [0.2, 0.25) is 5.76 Å². The van der Waals surface area contributed by atoms with Gasteiger partial charge in [-0.1, -0.05) is 23.4 Å². The number of hydrogen-bond donors (Lipinski definition) is 1. The number of nitrogens with zero attached hydrogens (tertiary/aromatic N) is 2. The lowest BCUT2D eigenvalue weighted by Crippen LogP contribution is -2.28. The summed E-state index contributed by atoms with van der Waals surface area (Å²) < 4.78 is 15.5. The molecule has 0 aliphatic rings. The number of aryl methyl sites for hydroxylation is 1. The molecule has 0 atom stereocenters. The zero-order chi connectivity index (χ0) is 19.9. The Kier molecular flexibility index (Phi) is 5.85. The summed E-state index contributed by atoms with van der Waals surface area (Å²) in [6.45, 7) is 1.68. The average Bonchev–Trinajstić information content (AvgIpc) is 3.33. The SMILES string of the molecule is Cc1noc(/C=C/c2ccc(OCC(=O)NCc3ccco3)cc2)c1[N+](=O)[O-]. The molecule has 3 aromatic rings. The van der Waals surface area contributed by atoms with Crippen molar-refractivity contribution in [2.24, 2.45) is 0 Å². The molecule has 2 aromatic heterocycles. The first-order chi connectivity index (χ1) is 13.5. The summed E-state index contributed by atoms with van der Waals surface area (Å²) in [5, 5.41) is 17.3. The Hall–Kier alpha value is -3.88. The zero-order valence-corrected chi connectivity index (χ0v) is 15.0. The molecular weight excluding hydrogens is 366 g/mol. The Morgan fingerprint density at radius 2 is 2.07 bits per heavy atom. The van der Waals surface area contributed by atoms with Crippen LogP contribution in [0.4, 0.5) is 5.69 Å². The number of carbonyl (C=O) groups excluding carboxylic acids is 1. The van der Waals surface area contributed by atoms with Crippen LogP contribution in [0.3, 0.4) is 0 Å². The van der Waals surface area contributed by atoms with Crippen molar-refractivity contribution in [1.29, 1.82) is 0 Å². The maximum Gasteiger partial charge on any atom is 0.338 e. The lowest BCUT2D eigenvalue weighted by molar-refractivity contribution is -0.386. The molecule has 0 saturated heterocycles. The summed E-state index contributed by atoms with van der Waals surface area (Å²) in [4.78, 5) is 22.3. The van der Waals surface area contributed by atoms with Crippen molar-refractivity contribution in [3.05, 3.63) is 75.6 Å². The Morgan fingerprint density at radius 3 is 2.75 bits per heavy atom. The predicted octanol–water partition coefficient (Wildman–Crippen LogP) is 3.35. The normalized spacial score (nSPS) is 10.9. The Balaban J connectivity index is 1.52. The van der Waals surface area contributed by atoms with Crippen LogP contribution in [0.5, 0.6) is 5.75 Å². The fraction of sp³-hybridized carbons (Fsp3) is 0.158. The molecule has 3 rings (SSSR count). The van der Waals surface area contributed by atoms with Crippen LogP contribution in [0, 0.1) is 17.0 Å². The molecule has 1 N–H and O–H groups in total. The fourth-order valence-electron chi connectivity index (χ4n) is 2.36. The number of ether oxygens (including phenoxy) is 1. The van der Waals surface area contributed by atoms with Crippen LogP contribution in [-0.2, 0) is 11.3 Å². The minimum absolute atomic E-state index is 0.0797. The molecular formula is C19H17N3O6. The second-order valence-electron chi connectivity index (χ2n) is 5.79. The zero-order valence-electron chi connectivity index (χ0n) is 15.0. The molecule has 28 heavy (non-hydrogen) atoms. The quantitative estimate of drug-likeness (QED) is 0.468. The van der Waals surface area contributed by atoms with E-state index < -0.39 is 4.92 Å². The van der Waals surface area contributed by atoms with E-state index in [9.17, 15) is 14.9 Å². The molecule has 0 saturated carbocycles. The van der Waals surface area contributed by atoms with E-state index in [4.69, 9.17) is 13.7 Å². The van der Waals surface area contributed by atoms with Crippen LogP contribution in [0.1, 0.15) is 22.8 Å². The van der Waals surface area contributed by atoms with Gasteiger partial charge in [0.05, 0.1) is 17.7 Å². The Morgan fingerprint density at radius 1 is 1.29 bits per heavy atom. The number of nitrogens with one attached hydrogen (secondary N) is 1. The van der Waals surface area contributed by atoms with Gasteiger partial charge in [0.15, 0.2) is 12.3 Å². The molecule has 2 heterocycles. The van der Waals surface area contributed by atoms with Crippen LogP contribution in [0.2, 0.25) is 0 Å². The topological polar surface area (TPSA) is 121 Å². The van der Waals surface area contributed by atoms with E-state index in [1.807, 2.05) is 0 Å². The van der Waals surface area contributed by atoms with Crippen LogP contribution >= 0.6 is 0 Å². The smallest absolute Gasteiger partial charge is 0.338 e. The number of furan rings is 1. The molecule has 0 aliphatic carbocycles. The molecule has 0 spiro atoms. The largest absolute Gasteiger partial charge is 0.484 e. The lowest BCUT2D eigenvalue weighted by Gasteiger charge is -2.06. The highest BCUT2D eigenvalue weighted by Crippen LogP contribution is 2.24. The molecule has 0 radical (unpaired) electrons. The minimum Gasteiger partial charge on any atom is -0.484 e. The van der Waals surface area contributed by atoms with Gasteiger partial charge < -0.3 is 19.0 Å². The molecule has 0 unspecified atom stereocenters. The number of aromatic nitrogens is 1. The van der Waals surface area contributed by atoms with Crippen LogP contribution in [-0.4, -0.2) is 22.6 Å². The van der Waals surface area contributed by atoms with Crippen molar-refractivity contribution in [1.82, 2.24) is 10.5 Å². The monoisotopic (exact) mass is 383 g/mol. The third-order valence-electron chi connectivity index (χ3n) is 3.76. The Bertz CT molecular complexity index is 974. The predicted molar refractivity (Wildman–Crippen MR) is 99.3 cm³/mol. The first-order valence-corrected chi connectivity index (χ1v) is 8.33. The Labute approximate surface area is 159 Å². The summed E-state index contributed by atoms with van der Waals surface area (Å²) in [6.07, 6.45) is 4.68. The average molecular weight is 383 g/mol. The molecule has 9 heteroatoms. The summed E-state index contributed by atoms with van der Waals surface area (Å²) in [6, 6.07) is 10.4. The van der Waals surface area contributed by atoms with Gasteiger partial charge in [-0.3, -0.25) is 14.9 Å². The number of carbonyl (C=O) groups is 1. The molecule has 9 nitrogen and oxygen atoms in total. The highest BCUT2D eigenvalue weighted by atomic mass is 16.6. The highest BCUT2D eigenvalue weighted by Gasteiger charge is 2.21. The first kappa shape index (κ1) is 18.9. The maximum absolute atomic E-state index is 11.8. The van der Waals surface area contributed by atoms with Crippen molar-refractivity contribution < 1.29 is 23.4 Å². The van der Waals surface area contributed by atoms with Gasteiger partial charge in [0, 0.05) is 0 Å². The van der Waals surface area contributed by atoms with Crippen LogP contribution in [0.25, 0.3) is 12.2 Å². The van der Waals surface area contributed by atoms with E-state index in [-0.39, 0.29) is 29.7 Å². The van der Waals surface area contributed by atoms with Crippen molar-refractivity contribution in [3.8, 4) is 5.75 Å². The highest BCUT2D eigenvalue weighted by molar-refractivity contribution is 5.77. The second kappa shape index (κ2) is 8.67. The van der Waals surface area contributed by atoms with E-state index in [1.54, 1.807) is 42.5 Å². The van der Waals surface area contributed by atoms with Gasteiger partial charge >= 0.3 is 5.69 Å². The fourth-order valence-corrected chi connectivity index (χ4v) is 2.36. The molecule has 0 bridgehead atoms. The summed E-state index contributed by atoms with van der Waals surface area (Å²) in [5.41, 5.74) is 0.841. The third-order valence-corrected chi connectivity index (χ3v) is 3.76. The van der Waals surface area contributed by atoms with Gasteiger partial charge in [-0.05, 0) is 42.8 Å². The van der Waals surface area contributed by atoms with Crippen molar-refractivity contribution in [2.75, 3.05) is 6.61 Å². The minimum atomic E-state index is -0.528. The van der Waals surface area contributed by atoms with Gasteiger partial charge in [-0.25, -0.2) is 0 Å². The van der Waals surface area contributed by atoms with Crippen molar-refractivity contribution >= 4 is 23.7 Å². The molecule has 0 aliphatic heterocycles. The van der Waals surface area contributed by atoms with Gasteiger partial charge in [0.25, 0.3) is 5.91 Å². The van der Waals surface area contributed by atoms with E-state index >= 15 is 0 Å². The number of benzene rings is 1. The summed E-state index contributed by atoms with van der Waals surface area (Å²) in [7, 11) is 0. The molecule has 1 aromatic carbocycles. The summed E-state index contributed by atoms with van der Waals surface area (Å²) >= 11 is 0. The number of hydrogen-bond acceptors (Lipinski definition) is 7. The number of rotatable bonds is 8. The van der Waals surface area contributed by atoms with Gasteiger partial charge in [-0.15, -0.1) is 0 Å².